The first-order valence-corrected chi connectivity index (χ1v) is 10.3. The summed E-state index contributed by atoms with van der Waals surface area (Å²) in [6.07, 6.45) is 9.08. The van der Waals surface area contributed by atoms with Crippen molar-refractivity contribution < 1.29 is 18.9 Å². The van der Waals surface area contributed by atoms with Gasteiger partial charge in [0.2, 0.25) is 0 Å². The summed E-state index contributed by atoms with van der Waals surface area (Å²) in [6, 6.07) is 0. The first-order chi connectivity index (χ1) is 12.3. The van der Waals surface area contributed by atoms with Crippen LogP contribution in [0, 0.1) is 5.92 Å². The van der Waals surface area contributed by atoms with Crippen LogP contribution in [0.4, 0.5) is 0 Å². The van der Waals surface area contributed by atoms with Crippen molar-refractivity contribution in [2.75, 3.05) is 52.6 Å². The fraction of sp³-hybridized carbons (Fsp3) is 1.00. The summed E-state index contributed by atoms with van der Waals surface area (Å²) in [4.78, 5) is 5.38. The first-order valence-electron chi connectivity index (χ1n) is 10.3. The number of ether oxygens (including phenoxy) is 4. The van der Waals surface area contributed by atoms with Gasteiger partial charge in [-0.2, -0.15) is 0 Å². The van der Waals surface area contributed by atoms with Crippen LogP contribution < -0.4 is 0 Å². The standard InChI is InChI=1S/C19H32N2O4/c1-2-4-14(5-3-1)19(20(6-15-10-22-15)7-16-11-23-16)21(8-17-12-24-17)9-18-13-25-18/h14-19H,1-13H2. The lowest BCUT2D eigenvalue weighted by atomic mass is 9.85. The Morgan fingerprint density at radius 1 is 0.600 bits per heavy atom. The predicted octanol–water partition coefficient (Wildman–Crippen LogP) is 1.09. The van der Waals surface area contributed by atoms with E-state index < -0.39 is 0 Å². The molecule has 4 saturated heterocycles. The van der Waals surface area contributed by atoms with Crippen LogP contribution in [0.3, 0.4) is 0 Å². The number of nitrogens with zero attached hydrogens (tertiary/aromatic N) is 2. The van der Waals surface area contributed by atoms with E-state index in [9.17, 15) is 0 Å². The molecule has 5 rings (SSSR count). The highest BCUT2D eigenvalue weighted by molar-refractivity contribution is 4.92. The molecule has 25 heavy (non-hydrogen) atoms. The fourth-order valence-corrected chi connectivity index (χ4v) is 4.58. The maximum absolute atomic E-state index is 5.59. The molecule has 4 aliphatic heterocycles. The molecule has 0 aromatic carbocycles. The van der Waals surface area contributed by atoms with E-state index in [2.05, 4.69) is 9.80 Å². The molecule has 4 atom stereocenters. The molecule has 0 amide bonds. The van der Waals surface area contributed by atoms with Crippen molar-refractivity contribution in [3.8, 4) is 0 Å². The molecule has 5 aliphatic rings. The van der Waals surface area contributed by atoms with E-state index in [0.717, 1.165) is 58.5 Å². The van der Waals surface area contributed by atoms with Crippen molar-refractivity contribution in [3.63, 3.8) is 0 Å². The van der Waals surface area contributed by atoms with Gasteiger partial charge in [0.1, 0.15) is 0 Å². The third-order valence-corrected chi connectivity index (χ3v) is 6.18. The van der Waals surface area contributed by atoms with E-state index in [1.54, 1.807) is 0 Å². The van der Waals surface area contributed by atoms with E-state index in [0.29, 0.717) is 30.6 Å². The largest absolute Gasteiger partial charge is 0.372 e. The molecule has 4 heterocycles. The van der Waals surface area contributed by atoms with Crippen LogP contribution in [0.1, 0.15) is 32.1 Å². The molecular weight excluding hydrogens is 320 g/mol. The maximum atomic E-state index is 5.59. The minimum Gasteiger partial charge on any atom is -0.372 e. The van der Waals surface area contributed by atoms with Gasteiger partial charge in [-0.1, -0.05) is 19.3 Å². The highest BCUT2D eigenvalue weighted by atomic mass is 16.6. The van der Waals surface area contributed by atoms with Gasteiger partial charge in [-0.05, 0) is 18.8 Å². The van der Waals surface area contributed by atoms with Gasteiger partial charge in [0.25, 0.3) is 0 Å². The molecule has 0 N–H and O–H groups in total. The minimum absolute atomic E-state index is 0.432. The van der Waals surface area contributed by atoms with Gasteiger partial charge < -0.3 is 18.9 Å². The topological polar surface area (TPSA) is 56.6 Å². The van der Waals surface area contributed by atoms with Crippen molar-refractivity contribution in [2.24, 2.45) is 5.92 Å². The summed E-state index contributed by atoms with van der Waals surface area (Å²) in [6.45, 7) is 7.91. The van der Waals surface area contributed by atoms with Gasteiger partial charge >= 0.3 is 0 Å². The molecule has 142 valence electrons. The lowest BCUT2D eigenvalue weighted by Crippen LogP contribution is -2.57. The Morgan fingerprint density at radius 3 is 1.28 bits per heavy atom. The van der Waals surface area contributed by atoms with Crippen LogP contribution in [-0.2, 0) is 18.9 Å². The average Bonchev–Trinajstić information content (AvgIpc) is 3.45. The lowest BCUT2D eigenvalue weighted by Gasteiger charge is -2.45. The number of rotatable bonds is 11. The molecule has 6 heteroatoms. The van der Waals surface area contributed by atoms with E-state index in [-0.39, 0.29) is 0 Å². The molecule has 0 aromatic rings. The zero-order chi connectivity index (χ0) is 16.6. The molecule has 4 unspecified atom stereocenters. The summed E-state index contributed by atoms with van der Waals surface area (Å²) in [7, 11) is 0. The Kier molecular flexibility index (Phi) is 5.01. The van der Waals surface area contributed by atoms with Crippen molar-refractivity contribution in [2.45, 2.75) is 62.7 Å². The zero-order valence-electron chi connectivity index (χ0n) is 15.2. The number of hydrogen-bond donors (Lipinski definition) is 0. The molecule has 1 saturated carbocycles. The van der Waals surface area contributed by atoms with Gasteiger partial charge in [0.05, 0.1) is 57.0 Å². The summed E-state index contributed by atoms with van der Waals surface area (Å²) < 4.78 is 22.4. The number of epoxide rings is 4. The highest BCUT2D eigenvalue weighted by Gasteiger charge is 2.43. The average molecular weight is 352 g/mol. The number of hydrogen-bond acceptors (Lipinski definition) is 6. The summed E-state index contributed by atoms with van der Waals surface area (Å²) in [5, 5.41) is 0. The van der Waals surface area contributed by atoms with Gasteiger partial charge in [-0.15, -0.1) is 0 Å². The molecular formula is C19H32N2O4. The van der Waals surface area contributed by atoms with Crippen LogP contribution in [0.25, 0.3) is 0 Å². The molecule has 0 bridgehead atoms. The van der Waals surface area contributed by atoms with E-state index >= 15 is 0 Å². The van der Waals surface area contributed by atoms with Gasteiger partial charge in [-0.25, -0.2) is 0 Å². The van der Waals surface area contributed by atoms with Crippen LogP contribution in [0.5, 0.6) is 0 Å². The van der Waals surface area contributed by atoms with Gasteiger partial charge in [0, 0.05) is 26.2 Å². The minimum atomic E-state index is 0.432. The third kappa shape index (κ3) is 4.93. The van der Waals surface area contributed by atoms with E-state index in [1.807, 2.05) is 0 Å². The Bertz CT molecular complexity index is 383. The van der Waals surface area contributed by atoms with E-state index in [1.165, 1.54) is 32.1 Å². The second-order valence-electron chi connectivity index (χ2n) is 8.54. The Balaban J connectivity index is 1.35. The zero-order valence-corrected chi connectivity index (χ0v) is 15.2. The molecule has 5 fully saturated rings. The van der Waals surface area contributed by atoms with Crippen LogP contribution in [0.2, 0.25) is 0 Å². The Labute approximate surface area is 150 Å². The maximum Gasteiger partial charge on any atom is 0.0937 e. The van der Waals surface area contributed by atoms with Crippen molar-refractivity contribution in [1.29, 1.82) is 0 Å². The Morgan fingerprint density at radius 2 is 0.960 bits per heavy atom. The third-order valence-electron chi connectivity index (χ3n) is 6.18. The summed E-state index contributed by atoms with van der Waals surface area (Å²) >= 11 is 0. The normalized spacial score (nSPS) is 38.2. The molecule has 6 nitrogen and oxygen atoms in total. The van der Waals surface area contributed by atoms with Crippen LogP contribution in [0.15, 0.2) is 0 Å². The lowest BCUT2D eigenvalue weighted by molar-refractivity contribution is -0.0243. The van der Waals surface area contributed by atoms with Crippen LogP contribution in [-0.4, -0.2) is 93.0 Å². The van der Waals surface area contributed by atoms with Crippen molar-refractivity contribution in [3.05, 3.63) is 0 Å². The van der Waals surface area contributed by atoms with Crippen molar-refractivity contribution in [1.82, 2.24) is 9.80 Å². The SMILES string of the molecule is C1CCC(C(N(CC2CO2)CC2CO2)N(CC2CO2)CC2CO2)CC1. The summed E-state index contributed by atoms with van der Waals surface area (Å²) in [5.41, 5.74) is 0. The van der Waals surface area contributed by atoms with Crippen molar-refractivity contribution >= 4 is 0 Å². The monoisotopic (exact) mass is 352 g/mol. The smallest absolute Gasteiger partial charge is 0.0937 e. The Hall–Kier alpha value is -0.240. The quantitative estimate of drug-likeness (QED) is 0.410. The molecule has 0 spiro atoms. The highest BCUT2D eigenvalue weighted by Crippen LogP contribution is 2.34. The summed E-state index contributed by atoms with van der Waals surface area (Å²) in [5.74, 6) is 0.753. The van der Waals surface area contributed by atoms with Gasteiger partial charge in [0.15, 0.2) is 0 Å². The van der Waals surface area contributed by atoms with Gasteiger partial charge in [-0.3, -0.25) is 9.80 Å². The molecule has 0 radical (unpaired) electrons. The van der Waals surface area contributed by atoms with Crippen LogP contribution >= 0.6 is 0 Å². The second kappa shape index (κ2) is 7.41. The molecule has 1 aliphatic carbocycles. The predicted molar refractivity (Wildman–Crippen MR) is 92.5 cm³/mol. The van der Waals surface area contributed by atoms with E-state index in [4.69, 9.17) is 18.9 Å². The second-order valence-corrected chi connectivity index (χ2v) is 8.54. The first kappa shape index (κ1) is 16.9. The molecule has 0 aromatic heterocycles. The fourth-order valence-electron chi connectivity index (χ4n) is 4.58.